The summed E-state index contributed by atoms with van der Waals surface area (Å²) in [5.41, 5.74) is 4.75. The smallest absolute Gasteiger partial charge is 0.252 e. The minimum Gasteiger partial charge on any atom is -0.494 e. The van der Waals surface area contributed by atoms with Gasteiger partial charge in [0.1, 0.15) is 34.2 Å². The van der Waals surface area contributed by atoms with E-state index < -0.39 is 33.5 Å². The second-order valence-electron chi connectivity index (χ2n) is 10.4. The average molecular weight is 690 g/mol. The molecule has 2 amide bonds. The van der Waals surface area contributed by atoms with Crippen LogP contribution in [-0.4, -0.2) is 47.2 Å². The quantitative estimate of drug-likeness (QED) is 0.178. The van der Waals surface area contributed by atoms with E-state index in [1.807, 2.05) is 0 Å². The molecule has 2 aromatic heterocycles. The van der Waals surface area contributed by atoms with Crippen molar-refractivity contribution < 1.29 is 33.0 Å². The minimum absolute atomic E-state index is 0.0325. The first-order valence-electron chi connectivity index (χ1n) is 13.7. The van der Waals surface area contributed by atoms with Crippen LogP contribution in [0.25, 0.3) is 22.2 Å². The first kappa shape index (κ1) is 31.6. The second kappa shape index (κ2) is 12.3. The number of primary amides is 1. The highest BCUT2D eigenvalue weighted by Crippen LogP contribution is 2.47. The Bertz CT molecular complexity index is 1820. The summed E-state index contributed by atoms with van der Waals surface area (Å²) in [5.74, 6) is -3.36. The maximum absolute atomic E-state index is 15.3. The van der Waals surface area contributed by atoms with E-state index in [9.17, 15) is 19.1 Å². The number of nitrogens with zero attached hydrogens (tertiary/aromatic N) is 2. The van der Waals surface area contributed by atoms with Crippen LogP contribution in [0.3, 0.4) is 0 Å². The van der Waals surface area contributed by atoms with E-state index in [1.165, 1.54) is 19.2 Å². The van der Waals surface area contributed by atoms with E-state index in [-0.39, 0.29) is 52.9 Å². The fourth-order valence-corrected chi connectivity index (χ4v) is 5.56. The Hall–Kier alpha value is -3.87. The number of nitrogens with two attached hydrogens (primary N) is 1. The lowest BCUT2D eigenvalue weighted by atomic mass is 9.90. The van der Waals surface area contributed by atoms with Crippen LogP contribution in [-0.2, 0) is 5.60 Å². The Morgan fingerprint density at radius 2 is 1.93 bits per heavy atom. The fourth-order valence-electron chi connectivity index (χ4n) is 5.05. The van der Waals surface area contributed by atoms with Gasteiger partial charge in [-0.3, -0.25) is 9.59 Å². The van der Waals surface area contributed by atoms with Gasteiger partial charge in [-0.1, -0.05) is 11.6 Å². The average Bonchev–Trinajstić information content (AvgIpc) is 3.85. The second-order valence-corrected chi connectivity index (χ2v) is 11.6. The molecule has 5 rings (SSSR count). The molecular weight excluding hydrogens is 662 g/mol. The third-order valence-corrected chi connectivity index (χ3v) is 8.64. The van der Waals surface area contributed by atoms with Crippen LogP contribution in [0, 0.1) is 24.5 Å². The molecule has 4 aromatic rings. The third kappa shape index (κ3) is 5.81. The summed E-state index contributed by atoms with van der Waals surface area (Å²) >= 11 is 9.16. The summed E-state index contributed by atoms with van der Waals surface area (Å²) in [6.45, 7) is 3.19. The summed E-state index contributed by atoms with van der Waals surface area (Å²) in [5, 5.41) is 15.8. The molecule has 1 aliphatic rings. The molecule has 0 unspecified atom stereocenters. The largest absolute Gasteiger partial charge is 0.494 e. The lowest BCUT2D eigenvalue weighted by Gasteiger charge is -2.29. The first-order valence-corrected chi connectivity index (χ1v) is 14.8. The van der Waals surface area contributed by atoms with Gasteiger partial charge in [-0.25, -0.2) is 18.7 Å². The number of pyridine rings is 2. The summed E-state index contributed by atoms with van der Waals surface area (Å²) in [6.07, 6.45) is 1.21. The fraction of sp³-hybridized carbons (Fsp3) is 0.290. The Labute approximate surface area is 264 Å². The number of amides is 2. The van der Waals surface area contributed by atoms with Crippen LogP contribution in [0.2, 0.25) is 5.02 Å². The molecule has 0 saturated heterocycles. The van der Waals surface area contributed by atoms with Crippen molar-refractivity contribution in [1.29, 1.82) is 0 Å². The van der Waals surface area contributed by atoms with Crippen molar-refractivity contribution in [3.8, 4) is 22.8 Å². The molecular formula is C31H28BrClF2N4O5. The number of carbonyl (C=O) groups excluding carboxylic acids is 2. The molecule has 2 heterocycles. The van der Waals surface area contributed by atoms with Crippen molar-refractivity contribution in [2.24, 2.45) is 11.7 Å². The molecule has 1 saturated carbocycles. The molecule has 9 nitrogen and oxygen atoms in total. The number of nitrogens with one attached hydrogen (secondary N) is 1. The maximum Gasteiger partial charge on any atom is 0.252 e. The van der Waals surface area contributed by atoms with Crippen LogP contribution in [0.5, 0.6) is 11.5 Å². The van der Waals surface area contributed by atoms with Gasteiger partial charge in [0.15, 0.2) is 5.75 Å². The Morgan fingerprint density at radius 3 is 2.57 bits per heavy atom. The number of hydrogen-bond acceptors (Lipinski definition) is 7. The van der Waals surface area contributed by atoms with E-state index in [4.69, 9.17) is 26.8 Å². The number of halogens is 4. The number of aliphatic hydroxyl groups is 1. The van der Waals surface area contributed by atoms with Crippen molar-refractivity contribution in [3.63, 3.8) is 0 Å². The lowest BCUT2D eigenvalue weighted by molar-refractivity contribution is 0.00946. The number of methoxy groups -OCH3 is 1. The maximum atomic E-state index is 15.3. The van der Waals surface area contributed by atoms with Crippen LogP contribution in [0.4, 0.5) is 8.78 Å². The SMILES string of the molecule is CCOc1c(C(N)=O)cc([C@@](O)(CNC(=O)c2cc(OC)c3nc(C)c(Cl)cc3c2)C2CC2)nc1-c1ccc(F)c(Br)c1F. The van der Waals surface area contributed by atoms with Crippen molar-refractivity contribution in [2.45, 2.75) is 32.3 Å². The van der Waals surface area contributed by atoms with Crippen molar-refractivity contribution in [3.05, 3.63) is 80.0 Å². The van der Waals surface area contributed by atoms with Crippen LogP contribution >= 0.6 is 27.5 Å². The first-order chi connectivity index (χ1) is 20.9. The molecule has 1 aliphatic carbocycles. The third-order valence-electron chi connectivity index (χ3n) is 7.53. The molecule has 230 valence electrons. The normalized spacial score (nSPS) is 14.3. The zero-order chi connectivity index (χ0) is 31.9. The zero-order valence-corrected chi connectivity index (χ0v) is 26.3. The number of fused-ring (bicyclic) bond motifs is 1. The monoisotopic (exact) mass is 688 g/mol. The molecule has 1 atom stereocenters. The lowest BCUT2D eigenvalue weighted by Crippen LogP contribution is -2.43. The summed E-state index contributed by atoms with van der Waals surface area (Å²) in [6, 6.07) is 8.29. The van der Waals surface area contributed by atoms with Crippen molar-refractivity contribution in [2.75, 3.05) is 20.3 Å². The summed E-state index contributed by atoms with van der Waals surface area (Å²) in [7, 11) is 1.46. The van der Waals surface area contributed by atoms with Gasteiger partial charge in [0.25, 0.3) is 11.8 Å². The van der Waals surface area contributed by atoms with E-state index in [2.05, 4.69) is 31.2 Å². The van der Waals surface area contributed by atoms with E-state index in [1.54, 1.807) is 26.0 Å². The van der Waals surface area contributed by atoms with Crippen molar-refractivity contribution >= 4 is 50.2 Å². The molecule has 13 heteroatoms. The Morgan fingerprint density at radius 1 is 1.20 bits per heavy atom. The topological polar surface area (TPSA) is 137 Å². The van der Waals surface area contributed by atoms with Gasteiger partial charge in [-0.05, 0) is 84.9 Å². The van der Waals surface area contributed by atoms with E-state index in [0.717, 1.165) is 12.1 Å². The van der Waals surface area contributed by atoms with E-state index in [0.29, 0.717) is 40.2 Å². The highest BCUT2D eigenvalue weighted by Gasteiger charge is 2.47. The standard InChI is InChI=1S/C31H28BrClF2N4O5/c1-4-44-28-19(29(36)40)12-23(39-27(28)18-7-8-21(34)24(32)25(18)35)31(42,17-5-6-17)13-37-30(41)16-9-15-10-20(33)14(2)38-26(15)22(11-16)43-3/h7-12,17,42H,4-6,13H2,1-3H3,(H2,36,40)(H,37,41)/t31-/m1/s1. The van der Waals surface area contributed by atoms with Gasteiger partial charge in [0.2, 0.25) is 0 Å². The molecule has 1 fully saturated rings. The molecule has 44 heavy (non-hydrogen) atoms. The molecule has 4 N–H and O–H groups in total. The van der Waals surface area contributed by atoms with Gasteiger partial charge >= 0.3 is 0 Å². The predicted molar refractivity (Wildman–Crippen MR) is 164 cm³/mol. The summed E-state index contributed by atoms with van der Waals surface area (Å²) < 4.78 is 40.1. The zero-order valence-electron chi connectivity index (χ0n) is 23.9. The van der Waals surface area contributed by atoms with Crippen LogP contribution in [0.15, 0.2) is 40.9 Å². The van der Waals surface area contributed by atoms with Crippen molar-refractivity contribution in [1.82, 2.24) is 15.3 Å². The number of carbonyl (C=O) groups is 2. The molecule has 2 aromatic carbocycles. The van der Waals surface area contributed by atoms with Crippen LogP contribution < -0.4 is 20.5 Å². The predicted octanol–water partition coefficient (Wildman–Crippen LogP) is 5.83. The Kier molecular flexibility index (Phi) is 8.79. The Balaban J connectivity index is 1.57. The molecule has 0 aliphatic heterocycles. The number of ether oxygens (including phenoxy) is 2. The molecule has 0 spiro atoms. The van der Waals surface area contributed by atoms with Gasteiger partial charge < -0.3 is 25.6 Å². The number of benzene rings is 2. The number of aryl methyl sites for hydroxylation is 1. The minimum atomic E-state index is -1.78. The number of aromatic nitrogens is 2. The number of rotatable bonds is 10. The number of hydrogen-bond donors (Lipinski definition) is 3. The molecule has 0 radical (unpaired) electrons. The van der Waals surface area contributed by atoms with Crippen LogP contribution in [0.1, 0.15) is 51.9 Å². The van der Waals surface area contributed by atoms with Gasteiger partial charge in [-0.15, -0.1) is 0 Å². The van der Waals surface area contributed by atoms with Gasteiger partial charge in [0, 0.05) is 16.5 Å². The highest BCUT2D eigenvalue weighted by atomic mass is 79.9. The highest BCUT2D eigenvalue weighted by molar-refractivity contribution is 9.10. The summed E-state index contributed by atoms with van der Waals surface area (Å²) in [4.78, 5) is 35.0. The molecule has 0 bridgehead atoms. The van der Waals surface area contributed by atoms with Gasteiger partial charge in [-0.2, -0.15) is 0 Å². The van der Waals surface area contributed by atoms with E-state index >= 15 is 4.39 Å². The van der Waals surface area contributed by atoms with Gasteiger partial charge in [0.05, 0.1) is 46.7 Å².